The fraction of sp³-hybridized carbons (Fsp3) is 0.500. The van der Waals surface area contributed by atoms with Crippen molar-refractivity contribution in [1.82, 2.24) is 5.32 Å². The summed E-state index contributed by atoms with van der Waals surface area (Å²) in [5.74, 6) is -1.11. The molecule has 124 valence electrons. The molecular formula is C14H22FN3O3S. The van der Waals surface area contributed by atoms with Gasteiger partial charge in [-0.1, -0.05) is 13.8 Å². The van der Waals surface area contributed by atoms with Crippen LogP contribution in [-0.2, 0) is 10.0 Å². The van der Waals surface area contributed by atoms with Crippen molar-refractivity contribution in [2.45, 2.75) is 26.3 Å². The van der Waals surface area contributed by atoms with Gasteiger partial charge in [-0.25, -0.2) is 12.8 Å². The van der Waals surface area contributed by atoms with Crippen LogP contribution in [0.25, 0.3) is 0 Å². The molecule has 6 nitrogen and oxygen atoms in total. The van der Waals surface area contributed by atoms with E-state index < -0.39 is 27.3 Å². The van der Waals surface area contributed by atoms with Gasteiger partial charge in [-0.05, 0) is 31.0 Å². The zero-order chi connectivity index (χ0) is 17.1. The predicted molar refractivity (Wildman–Crippen MR) is 84.6 cm³/mol. The lowest BCUT2D eigenvalue weighted by Crippen LogP contribution is -2.55. The number of nitrogens with one attached hydrogen (secondary N) is 2. The summed E-state index contributed by atoms with van der Waals surface area (Å²) in [5.41, 5.74) is 4.97. The Kier molecular flexibility index (Phi) is 5.53. The number of sulfonamides is 1. The van der Waals surface area contributed by atoms with Crippen LogP contribution in [0.2, 0.25) is 0 Å². The van der Waals surface area contributed by atoms with Gasteiger partial charge in [0.25, 0.3) is 5.91 Å². The SMILES string of the molecule is CC(C)C(C)(CN)NC(=O)c1ccc(F)c(NS(C)(=O)=O)c1. The molecule has 22 heavy (non-hydrogen) atoms. The molecule has 1 atom stereocenters. The molecule has 4 N–H and O–H groups in total. The minimum absolute atomic E-state index is 0.0931. The van der Waals surface area contributed by atoms with Crippen molar-refractivity contribution in [2.75, 3.05) is 17.5 Å². The monoisotopic (exact) mass is 331 g/mol. The molecule has 0 saturated carbocycles. The lowest BCUT2D eigenvalue weighted by molar-refractivity contribution is 0.0883. The van der Waals surface area contributed by atoms with E-state index in [0.717, 1.165) is 18.4 Å². The Morgan fingerprint density at radius 1 is 1.41 bits per heavy atom. The smallest absolute Gasteiger partial charge is 0.251 e. The summed E-state index contributed by atoms with van der Waals surface area (Å²) in [4.78, 5) is 12.3. The minimum atomic E-state index is -3.64. The molecule has 0 heterocycles. The molecule has 0 aliphatic heterocycles. The van der Waals surface area contributed by atoms with Crippen molar-refractivity contribution < 1.29 is 17.6 Å². The predicted octanol–water partition coefficient (Wildman–Crippen LogP) is 1.30. The number of halogens is 1. The Balaban J connectivity index is 3.07. The second kappa shape index (κ2) is 6.62. The van der Waals surface area contributed by atoms with Crippen molar-refractivity contribution in [3.05, 3.63) is 29.6 Å². The van der Waals surface area contributed by atoms with Gasteiger partial charge in [0, 0.05) is 12.1 Å². The van der Waals surface area contributed by atoms with E-state index in [9.17, 15) is 17.6 Å². The van der Waals surface area contributed by atoms with Gasteiger partial charge in [0.05, 0.1) is 17.5 Å². The number of hydrogen-bond acceptors (Lipinski definition) is 4. The van der Waals surface area contributed by atoms with Gasteiger partial charge in [0.1, 0.15) is 5.82 Å². The maximum absolute atomic E-state index is 13.6. The van der Waals surface area contributed by atoms with E-state index in [1.54, 1.807) is 0 Å². The highest BCUT2D eigenvalue weighted by Gasteiger charge is 2.29. The Labute approximate surface area is 130 Å². The average Bonchev–Trinajstić information content (AvgIpc) is 2.39. The normalized spacial score (nSPS) is 14.5. The Hall–Kier alpha value is -1.67. The molecule has 0 spiro atoms. The molecule has 1 rings (SSSR count). The number of benzene rings is 1. The Morgan fingerprint density at radius 3 is 2.45 bits per heavy atom. The second-order valence-corrected chi connectivity index (χ2v) is 7.55. The van der Waals surface area contributed by atoms with Crippen LogP contribution in [0.4, 0.5) is 10.1 Å². The highest BCUT2D eigenvalue weighted by molar-refractivity contribution is 7.92. The van der Waals surface area contributed by atoms with E-state index in [1.165, 1.54) is 6.07 Å². The maximum atomic E-state index is 13.6. The van der Waals surface area contributed by atoms with Crippen LogP contribution in [0.5, 0.6) is 0 Å². The second-order valence-electron chi connectivity index (χ2n) is 5.80. The molecule has 0 radical (unpaired) electrons. The lowest BCUT2D eigenvalue weighted by Gasteiger charge is -2.33. The van der Waals surface area contributed by atoms with Crippen molar-refractivity contribution in [1.29, 1.82) is 0 Å². The molecule has 1 amide bonds. The first-order chi connectivity index (χ1) is 9.98. The zero-order valence-corrected chi connectivity index (χ0v) is 13.9. The molecule has 0 aliphatic rings. The minimum Gasteiger partial charge on any atom is -0.345 e. The van der Waals surface area contributed by atoms with Crippen LogP contribution in [0.3, 0.4) is 0 Å². The van der Waals surface area contributed by atoms with Crippen LogP contribution in [0.1, 0.15) is 31.1 Å². The summed E-state index contributed by atoms with van der Waals surface area (Å²) in [6.45, 7) is 5.91. The van der Waals surface area contributed by atoms with E-state index >= 15 is 0 Å². The van der Waals surface area contributed by atoms with Crippen molar-refractivity contribution in [3.8, 4) is 0 Å². The third-order valence-electron chi connectivity index (χ3n) is 3.62. The standard InChI is InChI=1S/C14H22FN3O3S/c1-9(2)14(3,8-16)17-13(19)10-5-6-11(15)12(7-10)18-22(4,20)21/h5-7,9,18H,8,16H2,1-4H3,(H,17,19). The van der Waals surface area contributed by atoms with Gasteiger partial charge < -0.3 is 11.1 Å². The number of carbonyl (C=O) groups is 1. The van der Waals surface area contributed by atoms with Crippen LogP contribution in [0, 0.1) is 11.7 Å². The number of rotatable bonds is 6. The van der Waals surface area contributed by atoms with E-state index in [1.807, 2.05) is 25.5 Å². The molecule has 0 aliphatic carbocycles. The van der Waals surface area contributed by atoms with Crippen LogP contribution < -0.4 is 15.8 Å². The summed E-state index contributed by atoms with van der Waals surface area (Å²) in [6, 6.07) is 3.48. The zero-order valence-electron chi connectivity index (χ0n) is 13.1. The van der Waals surface area contributed by atoms with Gasteiger partial charge >= 0.3 is 0 Å². The molecule has 0 fully saturated rings. The Morgan fingerprint density at radius 2 is 2.00 bits per heavy atom. The van der Waals surface area contributed by atoms with Crippen LogP contribution in [-0.4, -0.2) is 32.7 Å². The molecule has 8 heteroatoms. The fourth-order valence-electron chi connectivity index (χ4n) is 1.71. The number of amides is 1. The average molecular weight is 331 g/mol. The first-order valence-electron chi connectivity index (χ1n) is 6.78. The molecule has 1 unspecified atom stereocenters. The largest absolute Gasteiger partial charge is 0.345 e. The van der Waals surface area contributed by atoms with Gasteiger partial charge in [0.2, 0.25) is 10.0 Å². The summed E-state index contributed by atoms with van der Waals surface area (Å²) in [6.07, 6.45) is 0.906. The van der Waals surface area contributed by atoms with E-state index in [2.05, 4.69) is 5.32 Å². The topological polar surface area (TPSA) is 101 Å². The van der Waals surface area contributed by atoms with E-state index in [0.29, 0.717) is 0 Å². The number of nitrogens with two attached hydrogens (primary N) is 1. The molecule has 1 aromatic carbocycles. The van der Waals surface area contributed by atoms with Gasteiger partial charge in [-0.2, -0.15) is 0 Å². The first-order valence-corrected chi connectivity index (χ1v) is 8.67. The molecule has 0 bridgehead atoms. The summed E-state index contributed by atoms with van der Waals surface area (Å²) >= 11 is 0. The van der Waals surface area contributed by atoms with Gasteiger partial charge in [-0.15, -0.1) is 0 Å². The van der Waals surface area contributed by atoms with Gasteiger partial charge in [-0.3, -0.25) is 9.52 Å². The van der Waals surface area contributed by atoms with Crippen LogP contribution >= 0.6 is 0 Å². The van der Waals surface area contributed by atoms with Gasteiger partial charge in [0.15, 0.2) is 0 Å². The van der Waals surface area contributed by atoms with E-state index in [4.69, 9.17) is 5.73 Å². The number of hydrogen-bond donors (Lipinski definition) is 3. The molecule has 0 aromatic heterocycles. The first kappa shape index (κ1) is 18.4. The Bertz CT molecular complexity index is 661. The summed E-state index contributed by atoms with van der Waals surface area (Å²) in [5, 5.41) is 2.80. The molecular weight excluding hydrogens is 309 g/mol. The summed E-state index contributed by atoms with van der Waals surface area (Å²) in [7, 11) is -3.64. The maximum Gasteiger partial charge on any atom is 0.251 e. The molecule has 1 aromatic rings. The highest BCUT2D eigenvalue weighted by Crippen LogP contribution is 2.20. The van der Waals surface area contributed by atoms with Crippen molar-refractivity contribution in [3.63, 3.8) is 0 Å². The fourth-order valence-corrected chi connectivity index (χ4v) is 2.26. The molecule has 0 saturated heterocycles. The van der Waals surface area contributed by atoms with E-state index in [-0.39, 0.29) is 23.7 Å². The van der Waals surface area contributed by atoms with Crippen molar-refractivity contribution in [2.24, 2.45) is 11.7 Å². The number of carbonyl (C=O) groups excluding carboxylic acids is 1. The quantitative estimate of drug-likeness (QED) is 0.731. The lowest BCUT2D eigenvalue weighted by atomic mass is 9.88. The van der Waals surface area contributed by atoms with Crippen LogP contribution in [0.15, 0.2) is 18.2 Å². The third-order valence-corrected chi connectivity index (χ3v) is 4.21. The highest BCUT2D eigenvalue weighted by atomic mass is 32.2. The third kappa shape index (κ3) is 4.67. The number of anilines is 1. The van der Waals surface area contributed by atoms with Crippen molar-refractivity contribution >= 4 is 21.6 Å². The summed E-state index contributed by atoms with van der Waals surface area (Å²) < 4.78 is 38.1.